The van der Waals surface area contributed by atoms with Gasteiger partial charge in [-0.2, -0.15) is 13.2 Å². The Morgan fingerprint density at radius 2 is 1.95 bits per heavy atom. The number of ether oxygens (including phenoxy) is 1. The Morgan fingerprint density at radius 3 is 2.56 bits per heavy atom. The molecule has 6 rings (SSSR count). The molecular weight excluding hydrogens is 538 g/mol. The molecule has 2 saturated carbocycles. The van der Waals surface area contributed by atoms with Crippen molar-refractivity contribution in [1.82, 2.24) is 20.1 Å². The zero-order chi connectivity index (χ0) is 29.0. The lowest BCUT2D eigenvalue weighted by molar-refractivity contribution is -0.138. The van der Waals surface area contributed by atoms with E-state index in [0.29, 0.717) is 30.6 Å². The van der Waals surface area contributed by atoms with Gasteiger partial charge in [0.15, 0.2) is 0 Å². The molecule has 1 aliphatic heterocycles. The number of hydrogen-bond donors (Lipinski definition) is 1. The second kappa shape index (κ2) is 10.2. The minimum absolute atomic E-state index is 0.0259. The van der Waals surface area contributed by atoms with Gasteiger partial charge >= 0.3 is 6.18 Å². The van der Waals surface area contributed by atoms with E-state index in [1.807, 2.05) is 29.8 Å². The Balaban J connectivity index is 1.30. The molecule has 11 heteroatoms. The molecule has 2 fully saturated rings. The number of nitrogens with zero attached hydrogens (tertiary/aromatic N) is 4. The second-order valence-electron chi connectivity index (χ2n) is 11.8. The van der Waals surface area contributed by atoms with Crippen LogP contribution in [0.1, 0.15) is 70.5 Å². The second-order valence-corrected chi connectivity index (χ2v) is 11.8. The fourth-order valence-electron chi connectivity index (χ4n) is 6.66. The van der Waals surface area contributed by atoms with Gasteiger partial charge in [0.25, 0.3) is 5.91 Å². The lowest BCUT2D eigenvalue weighted by atomic mass is 9.62. The summed E-state index contributed by atoms with van der Waals surface area (Å²) >= 11 is 0. The maximum atomic E-state index is 14.2. The van der Waals surface area contributed by atoms with Crippen molar-refractivity contribution in [2.24, 2.45) is 12.5 Å². The molecule has 2 aromatic carbocycles. The monoisotopic (exact) mass is 571 g/mol. The SMILES string of the molecule is CO[C@H]1C[C@](c2cccc(N3Cc4c(cc(CNCC5(CF)CCC5)cc4C(F)(F)F)C3=O)c2)(c2nncn2C)C1. The molecule has 0 spiro atoms. The molecular formula is C30H33F4N5O2. The average molecular weight is 572 g/mol. The topological polar surface area (TPSA) is 72.3 Å². The van der Waals surface area contributed by atoms with Crippen molar-refractivity contribution in [3.8, 4) is 0 Å². The zero-order valence-corrected chi connectivity index (χ0v) is 23.1. The Morgan fingerprint density at radius 1 is 1.17 bits per heavy atom. The van der Waals surface area contributed by atoms with Gasteiger partial charge in [-0.25, -0.2) is 0 Å². The van der Waals surface area contributed by atoms with Crippen molar-refractivity contribution >= 4 is 11.6 Å². The summed E-state index contributed by atoms with van der Waals surface area (Å²) in [5.41, 5.74) is 0.0996. The van der Waals surface area contributed by atoms with Crippen molar-refractivity contribution in [3.63, 3.8) is 0 Å². The first-order chi connectivity index (χ1) is 19.6. The third kappa shape index (κ3) is 4.72. The van der Waals surface area contributed by atoms with Crippen LogP contribution in [0.3, 0.4) is 0 Å². The third-order valence-electron chi connectivity index (χ3n) is 9.27. The van der Waals surface area contributed by atoms with Crippen molar-refractivity contribution in [2.45, 2.75) is 62.9 Å². The Labute approximate surface area is 235 Å². The number of methoxy groups -OCH3 is 1. The average Bonchev–Trinajstić information content (AvgIpc) is 3.48. The summed E-state index contributed by atoms with van der Waals surface area (Å²) in [7, 11) is 3.53. The number of aromatic nitrogens is 3. The molecule has 2 heterocycles. The van der Waals surface area contributed by atoms with Crippen LogP contribution in [-0.2, 0) is 36.5 Å². The Bertz CT molecular complexity index is 1450. The van der Waals surface area contributed by atoms with Crippen molar-refractivity contribution in [3.05, 3.63) is 76.4 Å². The highest BCUT2D eigenvalue weighted by Crippen LogP contribution is 2.50. The van der Waals surface area contributed by atoms with E-state index in [2.05, 4.69) is 15.5 Å². The first-order valence-electron chi connectivity index (χ1n) is 13.9. The summed E-state index contributed by atoms with van der Waals surface area (Å²) < 4.78 is 63.6. The molecule has 7 nitrogen and oxygen atoms in total. The number of rotatable bonds is 9. The standard InChI is InChI=1S/C30H33F4N5O2/c1-38-18-36-37-27(38)29(12-22(13-29)41-2)20-5-3-6-21(11-20)39-15-24-23(26(39)40)9-19(10-25(24)30(32,33)34)14-35-17-28(16-31)7-4-8-28/h3,5-6,9-11,18,22,35H,4,7-8,12-17H2,1-2H3/t22-,29-. The summed E-state index contributed by atoms with van der Waals surface area (Å²) in [6, 6.07) is 10.0. The van der Waals surface area contributed by atoms with E-state index in [4.69, 9.17) is 4.74 Å². The number of benzene rings is 2. The third-order valence-corrected chi connectivity index (χ3v) is 9.27. The van der Waals surface area contributed by atoms with Crippen LogP contribution >= 0.6 is 0 Å². The molecule has 2 aliphatic carbocycles. The van der Waals surface area contributed by atoms with Crippen LogP contribution in [-0.4, -0.2) is 47.1 Å². The number of alkyl halides is 4. The Hall–Kier alpha value is -3.31. The summed E-state index contributed by atoms with van der Waals surface area (Å²) in [6.45, 7) is -0.106. The number of aryl methyl sites for hydroxylation is 1. The highest BCUT2D eigenvalue weighted by Gasteiger charge is 2.50. The number of hydrogen-bond acceptors (Lipinski definition) is 5. The molecule has 0 bridgehead atoms. The first-order valence-corrected chi connectivity index (χ1v) is 13.9. The molecule has 0 saturated heterocycles. The molecule has 3 aromatic rings. The van der Waals surface area contributed by atoms with Crippen LogP contribution in [0, 0.1) is 5.41 Å². The molecule has 1 N–H and O–H groups in total. The van der Waals surface area contributed by atoms with Crippen molar-refractivity contribution in [1.29, 1.82) is 0 Å². The molecule has 1 aromatic heterocycles. The molecule has 0 radical (unpaired) electrons. The number of amides is 1. The number of carbonyl (C=O) groups is 1. The van der Waals surface area contributed by atoms with E-state index in [1.54, 1.807) is 25.6 Å². The van der Waals surface area contributed by atoms with E-state index in [-0.39, 0.29) is 30.3 Å². The molecule has 3 aliphatic rings. The van der Waals surface area contributed by atoms with Gasteiger partial charge < -0.3 is 19.5 Å². The first kappa shape index (κ1) is 27.8. The van der Waals surface area contributed by atoms with E-state index >= 15 is 0 Å². The number of anilines is 1. The summed E-state index contributed by atoms with van der Waals surface area (Å²) in [5.74, 6) is 0.298. The van der Waals surface area contributed by atoms with Gasteiger partial charge in [0.05, 0.1) is 30.3 Å². The number of fused-ring (bicyclic) bond motifs is 1. The molecule has 0 unspecified atom stereocenters. The maximum absolute atomic E-state index is 14.2. The summed E-state index contributed by atoms with van der Waals surface area (Å²) in [6.07, 6.45) is 0.895. The summed E-state index contributed by atoms with van der Waals surface area (Å²) in [5, 5.41) is 11.5. The molecule has 218 valence electrons. The van der Waals surface area contributed by atoms with E-state index in [1.165, 1.54) is 4.90 Å². The zero-order valence-electron chi connectivity index (χ0n) is 23.1. The van der Waals surface area contributed by atoms with E-state index in [0.717, 1.165) is 36.7 Å². The predicted octanol–water partition coefficient (Wildman–Crippen LogP) is 5.32. The van der Waals surface area contributed by atoms with Crippen molar-refractivity contribution in [2.75, 3.05) is 25.2 Å². The molecule has 1 amide bonds. The normalized spacial score (nSPS) is 23.3. The molecule has 41 heavy (non-hydrogen) atoms. The van der Waals surface area contributed by atoms with E-state index in [9.17, 15) is 22.4 Å². The smallest absolute Gasteiger partial charge is 0.381 e. The van der Waals surface area contributed by atoms with Crippen LogP contribution in [0.5, 0.6) is 0 Å². The maximum Gasteiger partial charge on any atom is 0.416 e. The largest absolute Gasteiger partial charge is 0.416 e. The fraction of sp³-hybridized carbons (Fsp3) is 0.500. The van der Waals surface area contributed by atoms with Crippen LogP contribution < -0.4 is 10.2 Å². The van der Waals surface area contributed by atoms with Crippen LogP contribution in [0.15, 0.2) is 42.7 Å². The quantitative estimate of drug-likeness (QED) is 0.352. The van der Waals surface area contributed by atoms with Gasteiger partial charge in [0.2, 0.25) is 0 Å². The summed E-state index contributed by atoms with van der Waals surface area (Å²) in [4.78, 5) is 15.0. The fourth-order valence-corrected chi connectivity index (χ4v) is 6.66. The van der Waals surface area contributed by atoms with E-state index < -0.39 is 35.2 Å². The van der Waals surface area contributed by atoms with Crippen LogP contribution in [0.25, 0.3) is 0 Å². The highest BCUT2D eigenvalue weighted by molar-refractivity contribution is 6.10. The lowest BCUT2D eigenvalue weighted by Gasteiger charge is -2.46. The van der Waals surface area contributed by atoms with Gasteiger partial charge in [-0.15, -0.1) is 10.2 Å². The number of carbonyl (C=O) groups excluding carboxylic acids is 1. The van der Waals surface area contributed by atoms with Crippen LogP contribution in [0.2, 0.25) is 0 Å². The van der Waals surface area contributed by atoms with Gasteiger partial charge in [0, 0.05) is 43.9 Å². The Kier molecular flexibility index (Phi) is 6.93. The number of halogens is 4. The minimum Gasteiger partial charge on any atom is -0.381 e. The number of nitrogens with one attached hydrogen (secondary N) is 1. The highest BCUT2D eigenvalue weighted by atomic mass is 19.4. The van der Waals surface area contributed by atoms with Crippen LogP contribution in [0.4, 0.5) is 23.2 Å². The minimum atomic E-state index is -4.62. The van der Waals surface area contributed by atoms with Crippen molar-refractivity contribution < 1.29 is 27.1 Å². The lowest BCUT2D eigenvalue weighted by Crippen LogP contribution is -2.48. The molecule has 0 atom stereocenters. The van der Waals surface area contributed by atoms with Gasteiger partial charge in [-0.1, -0.05) is 18.6 Å². The van der Waals surface area contributed by atoms with Gasteiger partial charge in [-0.05, 0) is 66.6 Å². The van der Waals surface area contributed by atoms with Gasteiger partial charge in [-0.3, -0.25) is 9.18 Å². The van der Waals surface area contributed by atoms with Gasteiger partial charge in [0.1, 0.15) is 12.2 Å². The predicted molar refractivity (Wildman–Crippen MR) is 144 cm³/mol.